The number of rotatable bonds is 6. The number of hydrogen-bond acceptors (Lipinski definition) is 7. The Hall–Kier alpha value is -3.28. The van der Waals surface area contributed by atoms with E-state index in [1.807, 2.05) is 28.9 Å². The second-order valence-electron chi connectivity index (χ2n) is 8.08. The van der Waals surface area contributed by atoms with E-state index >= 15 is 0 Å². The van der Waals surface area contributed by atoms with Crippen molar-refractivity contribution in [1.29, 1.82) is 0 Å². The minimum atomic E-state index is -3.62. The van der Waals surface area contributed by atoms with E-state index in [1.54, 1.807) is 24.3 Å². The highest BCUT2D eigenvalue weighted by Crippen LogP contribution is 2.31. The lowest BCUT2D eigenvalue weighted by molar-refractivity contribution is 0.0948. The topological polar surface area (TPSA) is 117 Å². The van der Waals surface area contributed by atoms with Crippen LogP contribution in [0.15, 0.2) is 64.9 Å². The van der Waals surface area contributed by atoms with Gasteiger partial charge in [0.05, 0.1) is 23.7 Å². The number of sulfonamides is 1. The van der Waals surface area contributed by atoms with Gasteiger partial charge in [0.1, 0.15) is 15.5 Å². The minimum Gasteiger partial charge on any atom is -0.507 e. The number of aromatic hydroxyl groups is 1. The summed E-state index contributed by atoms with van der Waals surface area (Å²) in [5.74, 6) is -0.518. The van der Waals surface area contributed by atoms with Crippen molar-refractivity contribution >= 4 is 38.3 Å². The summed E-state index contributed by atoms with van der Waals surface area (Å²) in [7, 11) is -3.62. The lowest BCUT2D eigenvalue weighted by atomic mass is 10.1. The highest BCUT2D eigenvalue weighted by molar-refractivity contribution is 7.91. The van der Waals surface area contributed by atoms with E-state index in [0.717, 1.165) is 22.4 Å². The van der Waals surface area contributed by atoms with Crippen LogP contribution in [0.4, 0.5) is 0 Å². The molecule has 2 N–H and O–H groups in total. The molecule has 1 saturated heterocycles. The van der Waals surface area contributed by atoms with Gasteiger partial charge in [-0.3, -0.25) is 4.79 Å². The van der Waals surface area contributed by atoms with Gasteiger partial charge in [-0.1, -0.05) is 29.5 Å². The van der Waals surface area contributed by atoms with E-state index in [-0.39, 0.29) is 28.1 Å². The third kappa shape index (κ3) is 4.29. The zero-order chi connectivity index (χ0) is 23.7. The average Bonchev–Trinajstić information content (AvgIpc) is 3.51. The number of piperidine rings is 1. The Morgan fingerprint density at radius 1 is 1.06 bits per heavy atom. The molecule has 0 spiro atoms. The quantitative estimate of drug-likeness (QED) is 0.423. The Labute approximate surface area is 200 Å². The third-order valence-electron chi connectivity index (χ3n) is 5.95. The zero-order valence-corrected chi connectivity index (χ0v) is 19.8. The van der Waals surface area contributed by atoms with Crippen LogP contribution in [0, 0.1) is 0 Å². The summed E-state index contributed by atoms with van der Waals surface area (Å²) in [6.45, 7) is 0.978. The molecule has 0 unspecified atom stereocenters. The molecule has 5 rings (SSSR count). The molecule has 0 saturated carbocycles. The van der Waals surface area contributed by atoms with Crippen LogP contribution in [0.1, 0.15) is 34.1 Å². The fourth-order valence-electron chi connectivity index (χ4n) is 4.13. The lowest BCUT2D eigenvalue weighted by Crippen LogP contribution is -2.38. The summed E-state index contributed by atoms with van der Waals surface area (Å²) in [5, 5.41) is 21.0. The normalized spacial score (nSPS) is 15.5. The van der Waals surface area contributed by atoms with E-state index in [0.29, 0.717) is 30.8 Å². The van der Waals surface area contributed by atoms with Gasteiger partial charge in [-0.2, -0.15) is 4.31 Å². The number of phenolic OH excluding ortho intramolecular Hbond substituents is 1. The maximum Gasteiger partial charge on any atom is 0.255 e. The SMILES string of the molecule is O=C(NCc1ccc(S(=O)(=O)N2CCC(n3nnc4ccccc43)CC2)s1)c1ccccc1O. The molecule has 176 valence electrons. The highest BCUT2D eigenvalue weighted by atomic mass is 32.2. The van der Waals surface area contributed by atoms with Gasteiger partial charge in [-0.05, 0) is 49.2 Å². The predicted molar refractivity (Wildman–Crippen MR) is 128 cm³/mol. The summed E-state index contributed by atoms with van der Waals surface area (Å²) < 4.78 is 30.0. The van der Waals surface area contributed by atoms with Gasteiger partial charge in [-0.25, -0.2) is 13.1 Å². The van der Waals surface area contributed by atoms with Crippen LogP contribution in [0.25, 0.3) is 11.0 Å². The van der Waals surface area contributed by atoms with Gasteiger partial charge in [0.15, 0.2) is 0 Å². The lowest BCUT2D eigenvalue weighted by Gasteiger charge is -2.30. The number of carbonyl (C=O) groups is 1. The van der Waals surface area contributed by atoms with E-state index in [9.17, 15) is 18.3 Å². The first-order valence-corrected chi connectivity index (χ1v) is 13.1. The van der Waals surface area contributed by atoms with Gasteiger partial charge in [-0.15, -0.1) is 16.4 Å². The van der Waals surface area contributed by atoms with Gasteiger partial charge in [0.2, 0.25) is 0 Å². The van der Waals surface area contributed by atoms with Crippen molar-refractivity contribution in [2.24, 2.45) is 0 Å². The summed E-state index contributed by atoms with van der Waals surface area (Å²) in [6.07, 6.45) is 1.31. The van der Waals surface area contributed by atoms with E-state index in [1.165, 1.54) is 16.4 Å². The number of hydrogen-bond donors (Lipinski definition) is 2. The van der Waals surface area contributed by atoms with Crippen LogP contribution in [0.5, 0.6) is 5.75 Å². The molecule has 0 bridgehead atoms. The summed E-state index contributed by atoms with van der Waals surface area (Å²) in [4.78, 5) is 13.0. The number of para-hydroxylation sites is 2. The molecule has 1 fully saturated rings. The standard InChI is InChI=1S/C23H23N5O4S2/c29-21-8-4-1-5-18(21)23(30)24-15-17-9-10-22(33-17)34(31,32)27-13-11-16(12-14-27)28-20-7-3-2-6-19(20)25-26-28/h1-10,16,29H,11-15H2,(H,24,30). The molecule has 0 atom stereocenters. The Balaban J connectivity index is 1.22. The van der Waals surface area contributed by atoms with E-state index < -0.39 is 15.9 Å². The van der Waals surface area contributed by atoms with Crippen LogP contribution < -0.4 is 5.32 Å². The van der Waals surface area contributed by atoms with Crippen LogP contribution in [0.2, 0.25) is 0 Å². The number of phenols is 1. The Bertz CT molecular complexity index is 1440. The number of thiophene rings is 1. The molecular formula is C23H23N5O4S2. The molecule has 0 aliphatic carbocycles. The number of amides is 1. The first-order valence-electron chi connectivity index (χ1n) is 10.9. The fraction of sp³-hybridized carbons (Fsp3) is 0.261. The predicted octanol–water partition coefficient (Wildman–Crippen LogP) is 3.15. The first kappa shape index (κ1) is 22.5. The Morgan fingerprint density at radius 2 is 1.79 bits per heavy atom. The number of fused-ring (bicyclic) bond motifs is 1. The molecule has 0 radical (unpaired) electrons. The zero-order valence-electron chi connectivity index (χ0n) is 18.2. The molecule has 1 aliphatic rings. The maximum absolute atomic E-state index is 13.2. The molecule has 4 aromatic rings. The van der Waals surface area contributed by atoms with E-state index in [2.05, 4.69) is 15.6 Å². The van der Waals surface area contributed by atoms with Crippen LogP contribution in [-0.2, 0) is 16.6 Å². The number of carbonyl (C=O) groups excluding carboxylic acids is 1. The number of nitrogens with one attached hydrogen (secondary N) is 1. The number of benzene rings is 2. The monoisotopic (exact) mass is 497 g/mol. The molecular weight excluding hydrogens is 474 g/mol. The summed E-state index contributed by atoms with van der Waals surface area (Å²) in [6, 6.07) is 17.4. The molecule has 1 amide bonds. The van der Waals surface area contributed by atoms with Crippen molar-refractivity contribution in [2.75, 3.05) is 13.1 Å². The van der Waals surface area contributed by atoms with Gasteiger partial charge in [0.25, 0.3) is 15.9 Å². The van der Waals surface area contributed by atoms with Crippen molar-refractivity contribution in [3.05, 3.63) is 71.1 Å². The molecule has 9 nitrogen and oxygen atoms in total. The van der Waals surface area contributed by atoms with Crippen LogP contribution >= 0.6 is 11.3 Å². The largest absolute Gasteiger partial charge is 0.507 e. The molecule has 3 heterocycles. The third-order valence-corrected chi connectivity index (χ3v) is 9.40. The van der Waals surface area contributed by atoms with Crippen LogP contribution in [0.3, 0.4) is 0 Å². The highest BCUT2D eigenvalue weighted by Gasteiger charge is 2.32. The Morgan fingerprint density at radius 3 is 2.59 bits per heavy atom. The van der Waals surface area contributed by atoms with Crippen molar-refractivity contribution in [2.45, 2.75) is 29.6 Å². The number of nitrogens with zero attached hydrogens (tertiary/aromatic N) is 4. The van der Waals surface area contributed by atoms with Crippen molar-refractivity contribution in [3.8, 4) is 5.75 Å². The summed E-state index contributed by atoms with van der Waals surface area (Å²) >= 11 is 1.14. The Kier molecular flexibility index (Phi) is 6.07. The molecule has 2 aromatic carbocycles. The second kappa shape index (κ2) is 9.16. The van der Waals surface area contributed by atoms with Gasteiger partial charge in [0, 0.05) is 18.0 Å². The van der Waals surface area contributed by atoms with Gasteiger partial charge >= 0.3 is 0 Å². The van der Waals surface area contributed by atoms with Crippen molar-refractivity contribution in [3.63, 3.8) is 0 Å². The average molecular weight is 498 g/mol. The minimum absolute atomic E-state index is 0.0994. The van der Waals surface area contributed by atoms with Crippen LogP contribution in [-0.4, -0.2) is 51.8 Å². The second-order valence-corrected chi connectivity index (χ2v) is 11.4. The van der Waals surface area contributed by atoms with Gasteiger partial charge < -0.3 is 10.4 Å². The molecule has 34 heavy (non-hydrogen) atoms. The fourth-order valence-corrected chi connectivity index (χ4v) is 7.05. The first-order chi connectivity index (χ1) is 16.4. The van der Waals surface area contributed by atoms with Crippen molar-refractivity contribution in [1.82, 2.24) is 24.6 Å². The molecule has 1 aliphatic heterocycles. The molecule has 2 aromatic heterocycles. The molecule has 11 heteroatoms. The number of aromatic nitrogens is 3. The maximum atomic E-state index is 13.2. The van der Waals surface area contributed by atoms with Crippen molar-refractivity contribution < 1.29 is 18.3 Å². The van der Waals surface area contributed by atoms with E-state index in [4.69, 9.17) is 0 Å². The smallest absolute Gasteiger partial charge is 0.255 e. The summed E-state index contributed by atoms with van der Waals surface area (Å²) in [5.41, 5.74) is 1.96.